The molecular weight excluding hydrogens is 432 g/mol. The summed E-state index contributed by atoms with van der Waals surface area (Å²) in [4.78, 5) is 25.0. The second-order valence-corrected chi connectivity index (χ2v) is 10.0. The summed E-state index contributed by atoms with van der Waals surface area (Å²) in [5.74, 6) is 1.12. The van der Waals surface area contributed by atoms with Gasteiger partial charge in [-0.3, -0.25) is 9.59 Å². The molecule has 1 amide bonds. The molecule has 3 rings (SSSR count). The molecule has 0 spiro atoms. The molecule has 0 saturated carbocycles. The van der Waals surface area contributed by atoms with Gasteiger partial charge >= 0.3 is 0 Å². The maximum absolute atomic E-state index is 13.0. The van der Waals surface area contributed by atoms with Gasteiger partial charge in [0, 0.05) is 37.0 Å². The molecular formula is C27H38N2O5. The highest BCUT2D eigenvalue weighted by atomic mass is 16.5. The third kappa shape index (κ3) is 6.41. The average Bonchev–Trinajstić information content (AvgIpc) is 3.31. The van der Waals surface area contributed by atoms with Crippen molar-refractivity contribution in [2.45, 2.75) is 66.3 Å². The van der Waals surface area contributed by atoms with Crippen LogP contribution in [0.3, 0.4) is 0 Å². The molecule has 0 aromatic carbocycles. The molecule has 0 saturated heterocycles. The van der Waals surface area contributed by atoms with Gasteiger partial charge in [0.15, 0.2) is 5.76 Å². The number of rotatable bonds is 11. The first-order valence-electron chi connectivity index (χ1n) is 12.2. The fourth-order valence-electron chi connectivity index (χ4n) is 4.57. The fraction of sp³-hybridized carbons (Fsp3) is 0.556. The highest BCUT2D eigenvalue weighted by Crippen LogP contribution is 2.43. The van der Waals surface area contributed by atoms with Crippen molar-refractivity contribution in [1.29, 1.82) is 0 Å². The lowest BCUT2D eigenvalue weighted by Crippen LogP contribution is -2.38. The Morgan fingerprint density at radius 3 is 2.82 bits per heavy atom. The summed E-state index contributed by atoms with van der Waals surface area (Å²) in [5.41, 5.74) is 3.39. The first kappa shape index (κ1) is 25.8. The summed E-state index contributed by atoms with van der Waals surface area (Å²) >= 11 is 0. The van der Waals surface area contributed by atoms with Gasteiger partial charge in [-0.2, -0.15) is 0 Å². The number of hydrogen-bond donors (Lipinski definition) is 2. The normalized spacial score (nSPS) is 16.6. The molecule has 2 heterocycles. The number of nitrogens with one attached hydrogen (secondary N) is 1. The second kappa shape index (κ2) is 11.6. The Balaban J connectivity index is 1.75. The van der Waals surface area contributed by atoms with Crippen LogP contribution in [0.5, 0.6) is 5.75 Å². The molecule has 7 heteroatoms. The van der Waals surface area contributed by atoms with Crippen molar-refractivity contribution in [3.05, 3.63) is 63.5 Å². The van der Waals surface area contributed by atoms with Crippen molar-refractivity contribution in [3.8, 4) is 5.75 Å². The number of aromatic nitrogens is 1. The van der Waals surface area contributed by atoms with Crippen LogP contribution in [-0.4, -0.2) is 35.3 Å². The number of fused-ring (bicyclic) bond motifs is 1. The molecule has 0 aliphatic heterocycles. The molecule has 2 aromatic rings. The zero-order valence-electron chi connectivity index (χ0n) is 20.9. The van der Waals surface area contributed by atoms with Crippen LogP contribution in [-0.2, 0) is 19.4 Å². The van der Waals surface area contributed by atoms with E-state index in [-0.39, 0.29) is 29.2 Å². The van der Waals surface area contributed by atoms with Crippen LogP contribution in [0.15, 0.2) is 45.3 Å². The summed E-state index contributed by atoms with van der Waals surface area (Å²) in [5, 5.41) is 12.1. The summed E-state index contributed by atoms with van der Waals surface area (Å²) in [6, 6.07) is 4.89. The van der Waals surface area contributed by atoms with Crippen LogP contribution >= 0.6 is 0 Å². The summed E-state index contributed by atoms with van der Waals surface area (Å²) in [6.45, 7) is 10.2. The molecule has 1 aliphatic carbocycles. The van der Waals surface area contributed by atoms with Gasteiger partial charge in [-0.1, -0.05) is 25.5 Å². The highest BCUT2D eigenvalue weighted by molar-refractivity contribution is 5.91. The summed E-state index contributed by atoms with van der Waals surface area (Å²) in [6.07, 6.45) is 7.54. The van der Waals surface area contributed by atoms with E-state index < -0.39 is 0 Å². The minimum absolute atomic E-state index is 0.0428. The van der Waals surface area contributed by atoms with E-state index in [9.17, 15) is 14.7 Å². The number of carbonyl (C=O) groups excluding carboxylic acids is 1. The van der Waals surface area contributed by atoms with Crippen LogP contribution in [0.1, 0.15) is 68.8 Å². The van der Waals surface area contributed by atoms with Gasteiger partial charge in [0.25, 0.3) is 11.5 Å². The lowest BCUT2D eigenvalue weighted by atomic mass is 9.66. The van der Waals surface area contributed by atoms with Gasteiger partial charge in [0.2, 0.25) is 0 Å². The molecule has 34 heavy (non-hydrogen) atoms. The zero-order valence-corrected chi connectivity index (χ0v) is 20.9. The lowest BCUT2D eigenvalue weighted by Gasteiger charge is -2.41. The van der Waals surface area contributed by atoms with Gasteiger partial charge in [0.1, 0.15) is 5.75 Å². The molecule has 7 nitrogen and oxygen atoms in total. The SMILES string of the molecule is CC(C)=CCC1Cc2c(OCCCNC(=O)c3ccco3)cc(=O)n(CCCO)c2CC1(C)C. The van der Waals surface area contributed by atoms with Crippen LogP contribution in [0.2, 0.25) is 0 Å². The van der Waals surface area contributed by atoms with Crippen LogP contribution in [0.4, 0.5) is 0 Å². The van der Waals surface area contributed by atoms with Crippen molar-refractivity contribution in [3.63, 3.8) is 0 Å². The monoisotopic (exact) mass is 470 g/mol. The summed E-state index contributed by atoms with van der Waals surface area (Å²) < 4.78 is 13.0. The zero-order chi connectivity index (χ0) is 24.7. The molecule has 186 valence electrons. The standard InChI is InChI=1S/C27H38N2O5/c1-19(2)9-10-20-16-21-22(18-27(20,3)4)29(12-7-13-30)25(31)17-24(21)34-15-6-11-28-26(32)23-8-5-14-33-23/h5,8-9,14,17,20,30H,6-7,10-13,15-16,18H2,1-4H3,(H,28,32). The van der Waals surface area contributed by atoms with E-state index in [0.29, 0.717) is 44.2 Å². The maximum atomic E-state index is 13.0. The van der Waals surface area contributed by atoms with Crippen molar-refractivity contribution >= 4 is 5.91 Å². The number of furan rings is 1. The van der Waals surface area contributed by atoms with Gasteiger partial charge in [-0.15, -0.1) is 0 Å². The Labute approximate surface area is 201 Å². The minimum atomic E-state index is -0.252. The predicted molar refractivity (Wildman–Crippen MR) is 132 cm³/mol. The van der Waals surface area contributed by atoms with E-state index in [1.165, 1.54) is 11.8 Å². The van der Waals surface area contributed by atoms with Crippen LogP contribution in [0.25, 0.3) is 0 Å². The van der Waals surface area contributed by atoms with Crippen molar-refractivity contribution < 1.29 is 19.1 Å². The number of hydrogen-bond acceptors (Lipinski definition) is 5. The number of nitrogens with zero attached hydrogens (tertiary/aromatic N) is 1. The predicted octanol–water partition coefficient (Wildman–Crippen LogP) is 4.12. The third-order valence-corrected chi connectivity index (χ3v) is 6.63. The third-order valence-electron chi connectivity index (χ3n) is 6.63. The Kier molecular flexibility index (Phi) is 8.78. The number of allylic oxidation sites excluding steroid dienone is 2. The largest absolute Gasteiger partial charge is 0.493 e. The van der Waals surface area contributed by atoms with Gasteiger partial charge in [0.05, 0.1) is 12.9 Å². The van der Waals surface area contributed by atoms with E-state index in [4.69, 9.17) is 9.15 Å². The smallest absolute Gasteiger partial charge is 0.286 e. The number of aliphatic hydroxyl groups is 1. The lowest BCUT2D eigenvalue weighted by molar-refractivity contribution is 0.0924. The van der Waals surface area contributed by atoms with Crippen LogP contribution < -0.4 is 15.6 Å². The minimum Gasteiger partial charge on any atom is -0.493 e. The Morgan fingerprint density at radius 1 is 1.35 bits per heavy atom. The first-order chi connectivity index (χ1) is 16.2. The molecule has 0 fully saturated rings. The molecule has 2 N–H and O–H groups in total. The molecule has 0 radical (unpaired) electrons. The number of ether oxygens (including phenoxy) is 1. The number of aliphatic hydroxyl groups excluding tert-OH is 1. The molecule has 0 bridgehead atoms. The maximum Gasteiger partial charge on any atom is 0.286 e. The van der Waals surface area contributed by atoms with Gasteiger partial charge in [-0.25, -0.2) is 0 Å². The first-order valence-corrected chi connectivity index (χ1v) is 12.2. The molecule has 1 atom stereocenters. The molecule has 1 unspecified atom stereocenters. The molecule has 1 aliphatic rings. The topological polar surface area (TPSA) is 93.7 Å². The highest BCUT2D eigenvalue weighted by Gasteiger charge is 2.37. The summed E-state index contributed by atoms with van der Waals surface area (Å²) in [7, 11) is 0. The van der Waals surface area contributed by atoms with Gasteiger partial charge < -0.3 is 24.1 Å². The Hall–Kier alpha value is -2.80. The van der Waals surface area contributed by atoms with Crippen molar-refractivity contribution in [1.82, 2.24) is 9.88 Å². The number of pyridine rings is 1. The van der Waals surface area contributed by atoms with Crippen LogP contribution in [0, 0.1) is 11.3 Å². The van der Waals surface area contributed by atoms with E-state index in [1.807, 2.05) is 4.57 Å². The Bertz CT molecular complexity index is 1050. The van der Waals surface area contributed by atoms with E-state index in [0.717, 1.165) is 30.5 Å². The van der Waals surface area contributed by atoms with Crippen molar-refractivity contribution in [2.24, 2.45) is 11.3 Å². The number of amides is 1. The second-order valence-electron chi connectivity index (χ2n) is 10.0. The fourth-order valence-corrected chi connectivity index (χ4v) is 4.57. The average molecular weight is 471 g/mol. The molecule has 2 aromatic heterocycles. The van der Waals surface area contributed by atoms with E-state index >= 15 is 0 Å². The van der Waals surface area contributed by atoms with E-state index in [2.05, 4.69) is 39.1 Å². The Morgan fingerprint density at radius 2 is 2.15 bits per heavy atom. The van der Waals surface area contributed by atoms with E-state index in [1.54, 1.807) is 18.2 Å². The number of carbonyl (C=O) groups is 1. The quantitative estimate of drug-likeness (QED) is 0.381. The van der Waals surface area contributed by atoms with Gasteiger partial charge in [-0.05, 0) is 69.4 Å². The van der Waals surface area contributed by atoms with Crippen molar-refractivity contribution in [2.75, 3.05) is 19.8 Å².